The highest BCUT2D eigenvalue weighted by atomic mass is 35.5. The van der Waals surface area contributed by atoms with Gasteiger partial charge in [0.1, 0.15) is 12.6 Å². The molecule has 3 rings (SSSR count). The largest absolute Gasteiger partial charge is 0.416 e. The highest BCUT2D eigenvalue weighted by Crippen LogP contribution is 2.32. The number of carbonyl (C=O) groups is 2. The topological polar surface area (TPSA) is 86.8 Å². The van der Waals surface area contributed by atoms with Crippen molar-refractivity contribution in [1.82, 2.24) is 10.2 Å². The van der Waals surface area contributed by atoms with Crippen molar-refractivity contribution in [1.29, 1.82) is 0 Å². The van der Waals surface area contributed by atoms with Crippen molar-refractivity contribution >= 4 is 39.1 Å². The Hall–Kier alpha value is -3.57. The van der Waals surface area contributed by atoms with Crippen LogP contribution < -0.4 is 9.62 Å². The molecule has 2 amide bonds. The summed E-state index contributed by atoms with van der Waals surface area (Å²) in [5, 5.41) is 3.13. The molecule has 220 valence electrons. The number of hydrogen-bond acceptors (Lipinski definition) is 4. The first-order chi connectivity index (χ1) is 19.3. The van der Waals surface area contributed by atoms with E-state index in [-0.39, 0.29) is 18.7 Å². The van der Waals surface area contributed by atoms with E-state index < -0.39 is 46.2 Å². The SMILES string of the molecule is CCCNC(=O)[C@H](Cc1ccccc1)N(Cc1ccccc1Cl)C(=O)CN(c1cccc(C(F)(F)F)c1)S(C)(=O)=O. The maximum atomic E-state index is 14.0. The van der Waals surface area contributed by atoms with Gasteiger partial charge in [0.15, 0.2) is 0 Å². The van der Waals surface area contributed by atoms with Gasteiger partial charge in [-0.1, -0.05) is 73.1 Å². The van der Waals surface area contributed by atoms with Gasteiger partial charge in [0.2, 0.25) is 21.8 Å². The minimum Gasteiger partial charge on any atom is -0.354 e. The lowest BCUT2D eigenvalue weighted by atomic mass is 10.0. The minimum atomic E-state index is -4.72. The fourth-order valence-electron chi connectivity index (χ4n) is 4.18. The molecular formula is C29H31ClF3N3O4S. The van der Waals surface area contributed by atoms with E-state index in [0.29, 0.717) is 33.9 Å². The molecule has 41 heavy (non-hydrogen) atoms. The fourth-order valence-corrected chi connectivity index (χ4v) is 5.22. The first kappa shape index (κ1) is 32.0. The highest BCUT2D eigenvalue weighted by molar-refractivity contribution is 7.92. The maximum Gasteiger partial charge on any atom is 0.416 e. The second-order valence-corrected chi connectivity index (χ2v) is 11.7. The number of rotatable bonds is 12. The Morgan fingerprint density at radius 3 is 2.24 bits per heavy atom. The van der Waals surface area contributed by atoms with Gasteiger partial charge in [-0.3, -0.25) is 13.9 Å². The number of sulfonamides is 1. The Bertz CT molecular complexity index is 1450. The Balaban J connectivity index is 2.08. The molecule has 0 aromatic heterocycles. The molecule has 3 aromatic carbocycles. The molecule has 0 saturated heterocycles. The number of carbonyl (C=O) groups excluding carboxylic acids is 2. The maximum absolute atomic E-state index is 14.0. The number of hydrogen-bond donors (Lipinski definition) is 1. The average Bonchev–Trinajstić information content (AvgIpc) is 2.92. The average molecular weight is 610 g/mol. The molecule has 1 atom stereocenters. The van der Waals surface area contributed by atoms with E-state index >= 15 is 0 Å². The number of alkyl halides is 3. The van der Waals surface area contributed by atoms with Crippen molar-refractivity contribution in [2.75, 3.05) is 23.7 Å². The third-order valence-electron chi connectivity index (χ3n) is 6.26. The summed E-state index contributed by atoms with van der Waals surface area (Å²) in [5.41, 5.74) is -0.138. The summed E-state index contributed by atoms with van der Waals surface area (Å²) >= 11 is 6.38. The predicted molar refractivity (Wildman–Crippen MR) is 153 cm³/mol. The van der Waals surface area contributed by atoms with Crippen LogP contribution in [0.25, 0.3) is 0 Å². The lowest BCUT2D eigenvalue weighted by molar-refractivity contribution is -0.140. The van der Waals surface area contributed by atoms with Gasteiger partial charge in [-0.2, -0.15) is 13.2 Å². The van der Waals surface area contributed by atoms with Gasteiger partial charge in [-0.15, -0.1) is 0 Å². The van der Waals surface area contributed by atoms with Crippen LogP contribution in [0.2, 0.25) is 5.02 Å². The van der Waals surface area contributed by atoms with Crippen LogP contribution in [0, 0.1) is 0 Å². The molecule has 0 saturated carbocycles. The van der Waals surface area contributed by atoms with Crippen LogP contribution in [0.1, 0.15) is 30.0 Å². The molecule has 0 spiro atoms. The summed E-state index contributed by atoms with van der Waals surface area (Å²) in [6.45, 7) is 1.24. The number of nitrogens with one attached hydrogen (secondary N) is 1. The molecule has 0 radical (unpaired) electrons. The predicted octanol–water partition coefficient (Wildman–Crippen LogP) is 5.29. The van der Waals surface area contributed by atoms with E-state index in [2.05, 4.69) is 5.32 Å². The molecule has 1 N–H and O–H groups in total. The van der Waals surface area contributed by atoms with Crippen molar-refractivity contribution in [3.8, 4) is 0 Å². The molecule has 0 fully saturated rings. The van der Waals surface area contributed by atoms with Crippen LogP contribution in [-0.4, -0.2) is 50.5 Å². The summed E-state index contributed by atoms with van der Waals surface area (Å²) in [4.78, 5) is 28.6. The molecule has 0 heterocycles. The molecule has 0 unspecified atom stereocenters. The summed E-state index contributed by atoms with van der Waals surface area (Å²) in [6, 6.07) is 18.3. The molecule has 0 aliphatic heterocycles. The van der Waals surface area contributed by atoms with E-state index in [1.165, 1.54) is 11.0 Å². The lowest BCUT2D eigenvalue weighted by Crippen LogP contribution is -2.53. The Morgan fingerprint density at radius 1 is 0.976 bits per heavy atom. The summed E-state index contributed by atoms with van der Waals surface area (Å²) in [5.74, 6) is -1.25. The van der Waals surface area contributed by atoms with Gasteiger partial charge >= 0.3 is 6.18 Å². The van der Waals surface area contributed by atoms with Crippen LogP contribution in [0.4, 0.5) is 18.9 Å². The fraction of sp³-hybridized carbons (Fsp3) is 0.310. The minimum absolute atomic E-state index is 0.106. The molecule has 3 aromatic rings. The zero-order valence-electron chi connectivity index (χ0n) is 22.6. The van der Waals surface area contributed by atoms with Gasteiger partial charge in [-0.25, -0.2) is 8.42 Å². The molecule has 0 aliphatic rings. The Morgan fingerprint density at radius 2 is 1.63 bits per heavy atom. The first-order valence-corrected chi connectivity index (χ1v) is 15.0. The van der Waals surface area contributed by atoms with E-state index in [9.17, 15) is 31.2 Å². The van der Waals surface area contributed by atoms with Gasteiger partial charge in [0, 0.05) is 24.5 Å². The van der Waals surface area contributed by atoms with Crippen LogP contribution in [0.5, 0.6) is 0 Å². The molecular weight excluding hydrogens is 579 g/mol. The quantitative estimate of drug-likeness (QED) is 0.302. The second kappa shape index (κ2) is 13.9. The smallest absolute Gasteiger partial charge is 0.354 e. The number of benzene rings is 3. The third kappa shape index (κ3) is 8.96. The van der Waals surface area contributed by atoms with E-state index in [0.717, 1.165) is 24.0 Å². The zero-order valence-corrected chi connectivity index (χ0v) is 24.1. The number of amides is 2. The van der Waals surface area contributed by atoms with Crippen LogP contribution in [0.3, 0.4) is 0 Å². The summed E-state index contributed by atoms with van der Waals surface area (Å²) in [6.07, 6.45) is -3.18. The van der Waals surface area contributed by atoms with E-state index in [4.69, 9.17) is 11.6 Å². The van der Waals surface area contributed by atoms with Crippen molar-refractivity contribution in [2.24, 2.45) is 0 Å². The van der Waals surface area contributed by atoms with Crippen LogP contribution in [-0.2, 0) is 38.8 Å². The number of halogens is 4. The van der Waals surface area contributed by atoms with Gasteiger partial charge in [0.05, 0.1) is 17.5 Å². The normalized spacial score (nSPS) is 12.4. The third-order valence-corrected chi connectivity index (χ3v) is 7.77. The Labute approximate surface area is 243 Å². The second-order valence-electron chi connectivity index (χ2n) is 9.43. The van der Waals surface area contributed by atoms with Gasteiger partial charge in [-0.05, 0) is 41.8 Å². The first-order valence-electron chi connectivity index (χ1n) is 12.8. The lowest BCUT2D eigenvalue weighted by Gasteiger charge is -2.33. The summed E-state index contributed by atoms with van der Waals surface area (Å²) < 4.78 is 66.4. The van der Waals surface area contributed by atoms with E-state index in [1.807, 2.05) is 6.92 Å². The zero-order chi connectivity index (χ0) is 30.2. The van der Waals surface area contributed by atoms with Crippen molar-refractivity contribution in [3.63, 3.8) is 0 Å². The standard InChI is InChI=1S/C29H31ClF3N3O4S/c1-3-16-34-28(38)26(17-21-10-5-4-6-11-21)35(19-22-12-7-8-15-25(22)30)27(37)20-36(41(2,39)40)24-14-9-13-23(18-24)29(31,32)33/h4-15,18,26H,3,16-17,19-20H2,1-2H3,(H,34,38)/t26-/m0/s1. The Kier molecular flexibility index (Phi) is 10.8. The monoisotopic (exact) mass is 609 g/mol. The van der Waals surface area contributed by atoms with E-state index in [1.54, 1.807) is 54.6 Å². The van der Waals surface area contributed by atoms with Crippen molar-refractivity contribution < 1.29 is 31.2 Å². The van der Waals surface area contributed by atoms with Crippen LogP contribution >= 0.6 is 11.6 Å². The van der Waals surface area contributed by atoms with Crippen molar-refractivity contribution in [3.05, 3.63) is 101 Å². The molecule has 7 nitrogen and oxygen atoms in total. The number of nitrogens with zero attached hydrogens (tertiary/aromatic N) is 2. The van der Waals surface area contributed by atoms with Crippen molar-refractivity contribution in [2.45, 2.75) is 38.5 Å². The molecule has 0 bridgehead atoms. The van der Waals surface area contributed by atoms with Gasteiger partial charge in [0.25, 0.3) is 0 Å². The molecule has 0 aliphatic carbocycles. The summed E-state index contributed by atoms with van der Waals surface area (Å²) in [7, 11) is -4.22. The number of anilines is 1. The van der Waals surface area contributed by atoms with Crippen LogP contribution in [0.15, 0.2) is 78.9 Å². The molecule has 12 heteroatoms. The highest BCUT2D eigenvalue weighted by Gasteiger charge is 2.35. The van der Waals surface area contributed by atoms with Gasteiger partial charge < -0.3 is 10.2 Å².